The summed E-state index contributed by atoms with van der Waals surface area (Å²) in [6.45, 7) is 3.01. The molecule has 1 fully saturated rings. The highest BCUT2D eigenvalue weighted by molar-refractivity contribution is 5.84. The van der Waals surface area contributed by atoms with Crippen LogP contribution in [0.2, 0.25) is 0 Å². The van der Waals surface area contributed by atoms with Gasteiger partial charge in [-0.3, -0.25) is 9.59 Å². The lowest BCUT2D eigenvalue weighted by molar-refractivity contribution is -0.146. The predicted octanol–water partition coefficient (Wildman–Crippen LogP) is 2.50. The van der Waals surface area contributed by atoms with E-state index in [1.807, 2.05) is 37.3 Å². The van der Waals surface area contributed by atoms with E-state index < -0.39 is 11.9 Å². The summed E-state index contributed by atoms with van der Waals surface area (Å²) < 4.78 is 0. The summed E-state index contributed by atoms with van der Waals surface area (Å²) in [5.41, 5.74) is 1.01. The molecule has 1 aliphatic rings. The van der Waals surface area contributed by atoms with Gasteiger partial charge in [0.05, 0.1) is 11.8 Å². The van der Waals surface area contributed by atoms with Crippen molar-refractivity contribution < 1.29 is 14.7 Å². The third-order valence-electron chi connectivity index (χ3n) is 3.99. The minimum absolute atomic E-state index is 0.0599. The summed E-state index contributed by atoms with van der Waals surface area (Å²) in [5, 5.41) is 9.11. The number of carbonyl (C=O) groups is 2. The van der Waals surface area contributed by atoms with Gasteiger partial charge in [0.2, 0.25) is 5.91 Å². The average molecular weight is 275 g/mol. The summed E-state index contributed by atoms with van der Waals surface area (Å²) in [7, 11) is 0. The molecule has 1 saturated heterocycles. The number of carboxylic acid groups (broad SMARTS) is 1. The zero-order chi connectivity index (χ0) is 14.5. The molecule has 1 amide bonds. The van der Waals surface area contributed by atoms with E-state index in [1.165, 1.54) is 0 Å². The van der Waals surface area contributed by atoms with E-state index in [0.717, 1.165) is 18.4 Å². The Morgan fingerprint density at radius 3 is 2.65 bits per heavy atom. The van der Waals surface area contributed by atoms with Gasteiger partial charge in [0.1, 0.15) is 0 Å². The Labute approximate surface area is 119 Å². The number of hydrogen-bond acceptors (Lipinski definition) is 2. The molecule has 0 aromatic heterocycles. The van der Waals surface area contributed by atoms with E-state index in [-0.39, 0.29) is 11.8 Å². The molecule has 1 aromatic carbocycles. The SMILES string of the molecule is CCC(C(=O)N1CCC[C@@H](C(=O)O)C1)c1ccccc1. The topological polar surface area (TPSA) is 57.6 Å². The van der Waals surface area contributed by atoms with Gasteiger partial charge in [-0.1, -0.05) is 37.3 Å². The normalized spacial score (nSPS) is 20.4. The van der Waals surface area contributed by atoms with Gasteiger partial charge >= 0.3 is 5.97 Å². The molecule has 0 radical (unpaired) electrons. The molecule has 1 unspecified atom stereocenters. The first-order valence-electron chi connectivity index (χ1n) is 7.20. The number of likely N-dealkylation sites (tertiary alicyclic amines) is 1. The van der Waals surface area contributed by atoms with E-state index in [4.69, 9.17) is 5.11 Å². The second-order valence-corrected chi connectivity index (χ2v) is 5.33. The lowest BCUT2D eigenvalue weighted by atomic mass is 9.92. The fraction of sp³-hybridized carbons (Fsp3) is 0.500. The fourth-order valence-electron chi connectivity index (χ4n) is 2.84. The molecule has 4 heteroatoms. The minimum atomic E-state index is -0.796. The standard InChI is InChI=1S/C16H21NO3/c1-2-14(12-7-4-3-5-8-12)15(18)17-10-6-9-13(11-17)16(19)20/h3-5,7-8,13-14H,2,6,9-11H2,1H3,(H,19,20)/t13-,14?/m1/s1. The van der Waals surface area contributed by atoms with Crippen molar-refractivity contribution in [2.75, 3.05) is 13.1 Å². The maximum absolute atomic E-state index is 12.6. The third kappa shape index (κ3) is 3.18. The molecule has 1 heterocycles. The second-order valence-electron chi connectivity index (χ2n) is 5.33. The van der Waals surface area contributed by atoms with Crippen molar-refractivity contribution in [1.82, 2.24) is 4.90 Å². The zero-order valence-electron chi connectivity index (χ0n) is 11.8. The average Bonchev–Trinajstić information content (AvgIpc) is 2.49. The van der Waals surface area contributed by atoms with Gasteiger partial charge in [0.25, 0.3) is 0 Å². The van der Waals surface area contributed by atoms with Crippen LogP contribution in [-0.4, -0.2) is 35.0 Å². The molecule has 4 nitrogen and oxygen atoms in total. The van der Waals surface area contributed by atoms with E-state index in [1.54, 1.807) is 4.90 Å². The van der Waals surface area contributed by atoms with Gasteiger partial charge in [-0.25, -0.2) is 0 Å². The molecule has 108 valence electrons. The number of rotatable bonds is 4. The van der Waals surface area contributed by atoms with Crippen LogP contribution in [0, 0.1) is 5.92 Å². The van der Waals surface area contributed by atoms with Crippen LogP contribution in [0.3, 0.4) is 0 Å². The lowest BCUT2D eigenvalue weighted by Gasteiger charge is -2.33. The van der Waals surface area contributed by atoms with E-state index in [9.17, 15) is 9.59 Å². The maximum Gasteiger partial charge on any atom is 0.308 e. The Morgan fingerprint density at radius 2 is 2.05 bits per heavy atom. The van der Waals surface area contributed by atoms with Gasteiger partial charge in [-0.2, -0.15) is 0 Å². The van der Waals surface area contributed by atoms with Gasteiger partial charge in [-0.15, -0.1) is 0 Å². The van der Waals surface area contributed by atoms with E-state index in [2.05, 4.69) is 0 Å². The van der Waals surface area contributed by atoms with Crippen molar-refractivity contribution in [3.63, 3.8) is 0 Å². The Morgan fingerprint density at radius 1 is 1.35 bits per heavy atom. The fourth-order valence-corrected chi connectivity index (χ4v) is 2.84. The van der Waals surface area contributed by atoms with Crippen LogP contribution in [0.5, 0.6) is 0 Å². The van der Waals surface area contributed by atoms with Crippen LogP contribution in [-0.2, 0) is 9.59 Å². The monoisotopic (exact) mass is 275 g/mol. The largest absolute Gasteiger partial charge is 0.481 e. The third-order valence-corrected chi connectivity index (χ3v) is 3.99. The highest BCUT2D eigenvalue weighted by Crippen LogP contribution is 2.25. The molecular formula is C16H21NO3. The van der Waals surface area contributed by atoms with Crippen LogP contribution in [0.25, 0.3) is 0 Å². The highest BCUT2D eigenvalue weighted by Gasteiger charge is 2.31. The zero-order valence-corrected chi connectivity index (χ0v) is 11.8. The van der Waals surface area contributed by atoms with Crippen molar-refractivity contribution in [1.29, 1.82) is 0 Å². The summed E-state index contributed by atoms with van der Waals surface area (Å²) in [6.07, 6.45) is 2.17. The Bertz CT molecular complexity index is 472. The first-order valence-corrected chi connectivity index (χ1v) is 7.20. The Hall–Kier alpha value is -1.84. The number of amides is 1. The molecule has 0 saturated carbocycles. The molecule has 0 aliphatic carbocycles. The number of benzene rings is 1. The molecule has 2 rings (SSSR count). The molecule has 1 aromatic rings. The quantitative estimate of drug-likeness (QED) is 0.918. The van der Waals surface area contributed by atoms with Crippen molar-refractivity contribution in [3.05, 3.63) is 35.9 Å². The number of aliphatic carboxylic acids is 1. The van der Waals surface area contributed by atoms with E-state index in [0.29, 0.717) is 19.5 Å². The highest BCUT2D eigenvalue weighted by atomic mass is 16.4. The van der Waals surface area contributed by atoms with E-state index >= 15 is 0 Å². The predicted molar refractivity (Wildman–Crippen MR) is 76.4 cm³/mol. The van der Waals surface area contributed by atoms with Crippen LogP contribution in [0.15, 0.2) is 30.3 Å². The molecule has 2 atom stereocenters. The van der Waals surface area contributed by atoms with Gasteiger partial charge in [0, 0.05) is 13.1 Å². The Balaban J connectivity index is 2.11. The molecule has 0 spiro atoms. The second kappa shape index (κ2) is 6.55. The number of carbonyl (C=O) groups excluding carboxylic acids is 1. The molecule has 1 N–H and O–H groups in total. The van der Waals surface area contributed by atoms with Gasteiger partial charge < -0.3 is 10.0 Å². The van der Waals surface area contributed by atoms with Gasteiger partial charge in [0.15, 0.2) is 0 Å². The molecule has 1 aliphatic heterocycles. The van der Waals surface area contributed by atoms with Crippen molar-refractivity contribution in [2.24, 2.45) is 5.92 Å². The van der Waals surface area contributed by atoms with Gasteiger partial charge in [-0.05, 0) is 24.8 Å². The molecular weight excluding hydrogens is 254 g/mol. The van der Waals surface area contributed by atoms with Crippen molar-refractivity contribution in [2.45, 2.75) is 32.1 Å². The number of piperidine rings is 1. The summed E-state index contributed by atoms with van der Waals surface area (Å²) in [6, 6.07) is 9.72. The van der Waals surface area contributed by atoms with Crippen LogP contribution in [0.1, 0.15) is 37.7 Å². The Kier molecular flexibility index (Phi) is 4.77. The first kappa shape index (κ1) is 14.6. The molecule has 20 heavy (non-hydrogen) atoms. The number of nitrogens with zero attached hydrogens (tertiary/aromatic N) is 1. The first-order chi connectivity index (χ1) is 9.63. The summed E-state index contributed by atoms with van der Waals surface area (Å²) in [5.74, 6) is -1.32. The lowest BCUT2D eigenvalue weighted by Crippen LogP contribution is -2.44. The van der Waals surface area contributed by atoms with Crippen molar-refractivity contribution in [3.8, 4) is 0 Å². The van der Waals surface area contributed by atoms with Crippen LogP contribution >= 0.6 is 0 Å². The summed E-state index contributed by atoms with van der Waals surface area (Å²) >= 11 is 0. The minimum Gasteiger partial charge on any atom is -0.481 e. The molecule has 0 bridgehead atoms. The van der Waals surface area contributed by atoms with Crippen LogP contribution < -0.4 is 0 Å². The van der Waals surface area contributed by atoms with Crippen LogP contribution in [0.4, 0.5) is 0 Å². The number of carboxylic acids is 1. The smallest absolute Gasteiger partial charge is 0.308 e. The summed E-state index contributed by atoms with van der Waals surface area (Å²) in [4.78, 5) is 25.5. The van der Waals surface area contributed by atoms with Crippen molar-refractivity contribution >= 4 is 11.9 Å². The number of hydrogen-bond donors (Lipinski definition) is 1. The maximum atomic E-state index is 12.6.